The van der Waals surface area contributed by atoms with Crippen LogP contribution in [-0.4, -0.2) is 16.3 Å². The van der Waals surface area contributed by atoms with Gasteiger partial charge in [0.1, 0.15) is 3.70 Å². The Morgan fingerprint density at radius 3 is 2.56 bits per heavy atom. The minimum absolute atomic E-state index is 0.0501. The lowest BCUT2D eigenvalue weighted by Crippen LogP contribution is -2.19. The number of nitrogens with zero attached hydrogens (tertiary/aromatic N) is 2. The second-order valence-corrected chi connectivity index (χ2v) is 3.80. The molecule has 9 heteroatoms. The van der Waals surface area contributed by atoms with Crippen molar-refractivity contribution in [2.75, 3.05) is 0 Å². The highest BCUT2D eigenvalue weighted by atomic mass is 127. The SMILES string of the molecule is Cc1c([N+](=O)[O-])cc(I)nc1OC(F)(F)F. The Labute approximate surface area is 101 Å². The average Bonchev–Trinajstić information content (AvgIpc) is 2.07. The summed E-state index contributed by atoms with van der Waals surface area (Å²) in [5, 5.41) is 10.5. The number of alkyl halides is 3. The van der Waals surface area contributed by atoms with Gasteiger partial charge in [-0.05, 0) is 29.5 Å². The van der Waals surface area contributed by atoms with Crippen molar-refractivity contribution in [1.29, 1.82) is 0 Å². The van der Waals surface area contributed by atoms with E-state index in [0.717, 1.165) is 13.0 Å². The molecule has 1 aromatic rings. The minimum atomic E-state index is -4.92. The highest BCUT2D eigenvalue weighted by Gasteiger charge is 2.34. The summed E-state index contributed by atoms with van der Waals surface area (Å²) < 4.78 is 39.5. The molecule has 0 spiro atoms. The fourth-order valence-corrected chi connectivity index (χ4v) is 1.46. The molecule has 0 aliphatic carbocycles. The van der Waals surface area contributed by atoms with Crippen LogP contribution in [0.3, 0.4) is 0 Å². The van der Waals surface area contributed by atoms with Crippen LogP contribution >= 0.6 is 22.6 Å². The van der Waals surface area contributed by atoms with E-state index in [1.54, 1.807) is 22.6 Å². The van der Waals surface area contributed by atoms with E-state index >= 15 is 0 Å². The number of halogens is 4. The van der Waals surface area contributed by atoms with Crippen LogP contribution in [0.2, 0.25) is 0 Å². The zero-order valence-electron chi connectivity index (χ0n) is 7.71. The maximum absolute atomic E-state index is 12.0. The predicted molar refractivity (Wildman–Crippen MR) is 55.0 cm³/mol. The summed E-state index contributed by atoms with van der Waals surface area (Å²) in [7, 11) is 0. The van der Waals surface area contributed by atoms with Gasteiger partial charge in [0.05, 0.1) is 10.5 Å². The third-order valence-electron chi connectivity index (χ3n) is 1.58. The maximum Gasteiger partial charge on any atom is 0.574 e. The van der Waals surface area contributed by atoms with Gasteiger partial charge in [-0.1, -0.05) is 0 Å². The Morgan fingerprint density at radius 1 is 1.56 bits per heavy atom. The van der Waals surface area contributed by atoms with Gasteiger partial charge in [0.25, 0.3) is 5.69 Å². The topological polar surface area (TPSA) is 65.3 Å². The van der Waals surface area contributed by atoms with Gasteiger partial charge in [0.15, 0.2) is 0 Å². The van der Waals surface area contributed by atoms with E-state index in [-0.39, 0.29) is 9.26 Å². The molecule has 0 amide bonds. The standard InChI is InChI=1S/C7H4F3IN2O3/c1-3-4(13(14)15)2-5(11)12-6(3)16-7(8,9)10/h2H,1H3. The van der Waals surface area contributed by atoms with Crippen LogP contribution < -0.4 is 4.74 Å². The van der Waals surface area contributed by atoms with Gasteiger partial charge >= 0.3 is 6.36 Å². The van der Waals surface area contributed by atoms with E-state index < -0.39 is 22.9 Å². The quantitative estimate of drug-likeness (QED) is 0.357. The molecule has 0 radical (unpaired) electrons. The molecular weight excluding hydrogens is 344 g/mol. The molecule has 0 saturated carbocycles. The lowest BCUT2D eigenvalue weighted by molar-refractivity contribution is -0.385. The zero-order chi connectivity index (χ0) is 12.5. The van der Waals surface area contributed by atoms with Crippen molar-refractivity contribution in [1.82, 2.24) is 4.98 Å². The van der Waals surface area contributed by atoms with Gasteiger partial charge in [-0.15, -0.1) is 13.2 Å². The third kappa shape index (κ3) is 3.18. The van der Waals surface area contributed by atoms with E-state index in [2.05, 4.69) is 9.72 Å². The van der Waals surface area contributed by atoms with Gasteiger partial charge < -0.3 is 4.74 Å². The monoisotopic (exact) mass is 348 g/mol. The first kappa shape index (κ1) is 12.9. The average molecular weight is 348 g/mol. The molecule has 0 bridgehead atoms. The predicted octanol–water partition coefficient (Wildman–Crippen LogP) is 2.80. The van der Waals surface area contributed by atoms with Crippen LogP contribution in [0.4, 0.5) is 18.9 Å². The number of rotatable bonds is 2. The molecule has 0 N–H and O–H groups in total. The van der Waals surface area contributed by atoms with Crippen LogP contribution in [0.5, 0.6) is 5.88 Å². The largest absolute Gasteiger partial charge is 0.574 e. The van der Waals surface area contributed by atoms with Gasteiger partial charge in [-0.2, -0.15) is 0 Å². The first-order valence-corrected chi connectivity index (χ1v) is 4.86. The minimum Gasteiger partial charge on any atom is -0.387 e. The van der Waals surface area contributed by atoms with Gasteiger partial charge in [-0.25, -0.2) is 4.98 Å². The van der Waals surface area contributed by atoms with Crippen LogP contribution in [-0.2, 0) is 0 Å². The Kier molecular flexibility index (Phi) is 3.55. The molecule has 5 nitrogen and oxygen atoms in total. The van der Waals surface area contributed by atoms with Crippen molar-refractivity contribution in [3.05, 3.63) is 25.4 Å². The van der Waals surface area contributed by atoms with Crippen LogP contribution in [0.15, 0.2) is 6.07 Å². The second kappa shape index (κ2) is 4.39. The van der Waals surface area contributed by atoms with Gasteiger partial charge in [0.2, 0.25) is 5.88 Å². The molecule has 0 saturated heterocycles. The van der Waals surface area contributed by atoms with E-state index in [9.17, 15) is 23.3 Å². The van der Waals surface area contributed by atoms with Crippen molar-refractivity contribution in [2.24, 2.45) is 0 Å². The normalized spacial score (nSPS) is 11.3. The number of aromatic nitrogens is 1. The first-order valence-electron chi connectivity index (χ1n) is 3.78. The molecule has 16 heavy (non-hydrogen) atoms. The van der Waals surface area contributed by atoms with Gasteiger partial charge in [0, 0.05) is 6.07 Å². The molecule has 1 aromatic heterocycles. The smallest absolute Gasteiger partial charge is 0.387 e. The van der Waals surface area contributed by atoms with Crippen molar-refractivity contribution in [2.45, 2.75) is 13.3 Å². The third-order valence-corrected chi connectivity index (χ3v) is 2.13. The highest BCUT2D eigenvalue weighted by molar-refractivity contribution is 14.1. The molecular formula is C7H4F3IN2O3. The number of nitro groups is 1. The summed E-state index contributed by atoms with van der Waals surface area (Å²) in [5.74, 6) is -0.800. The fraction of sp³-hybridized carbons (Fsp3) is 0.286. The summed E-state index contributed by atoms with van der Waals surface area (Å²) in [6, 6.07) is 1.07. The summed E-state index contributed by atoms with van der Waals surface area (Å²) >= 11 is 1.57. The molecule has 0 aliphatic rings. The lowest BCUT2D eigenvalue weighted by atomic mass is 10.2. The summed E-state index contributed by atoms with van der Waals surface area (Å²) in [5.41, 5.74) is -0.721. The summed E-state index contributed by atoms with van der Waals surface area (Å²) in [6.07, 6.45) is -4.92. The second-order valence-electron chi connectivity index (χ2n) is 2.70. The molecule has 1 heterocycles. The Balaban J connectivity index is 3.25. The Morgan fingerprint density at radius 2 is 2.12 bits per heavy atom. The van der Waals surface area contributed by atoms with Gasteiger partial charge in [-0.3, -0.25) is 10.1 Å². The molecule has 0 fully saturated rings. The number of hydrogen-bond acceptors (Lipinski definition) is 4. The zero-order valence-corrected chi connectivity index (χ0v) is 9.87. The van der Waals surface area contributed by atoms with E-state index in [0.29, 0.717) is 0 Å². The van der Waals surface area contributed by atoms with Crippen LogP contribution in [0, 0.1) is 20.7 Å². The lowest BCUT2D eigenvalue weighted by Gasteiger charge is -2.10. The fourth-order valence-electron chi connectivity index (χ4n) is 0.942. The molecule has 1 rings (SSSR count). The molecule has 0 atom stereocenters. The summed E-state index contributed by atoms with van der Waals surface area (Å²) in [4.78, 5) is 13.2. The molecule has 0 aliphatic heterocycles. The van der Waals surface area contributed by atoms with Crippen molar-refractivity contribution >= 4 is 28.3 Å². The number of pyridine rings is 1. The van der Waals surface area contributed by atoms with E-state index in [1.807, 2.05) is 0 Å². The Bertz CT molecular complexity index is 436. The summed E-state index contributed by atoms with van der Waals surface area (Å²) in [6.45, 7) is 1.14. The van der Waals surface area contributed by atoms with Crippen LogP contribution in [0.25, 0.3) is 0 Å². The number of ether oxygens (including phenoxy) is 1. The van der Waals surface area contributed by atoms with Crippen molar-refractivity contribution in [3.63, 3.8) is 0 Å². The first-order chi connectivity index (χ1) is 7.20. The number of hydrogen-bond donors (Lipinski definition) is 0. The van der Waals surface area contributed by atoms with Crippen molar-refractivity contribution < 1.29 is 22.8 Å². The molecule has 88 valence electrons. The molecule has 0 unspecified atom stereocenters. The van der Waals surface area contributed by atoms with Crippen molar-refractivity contribution in [3.8, 4) is 5.88 Å². The maximum atomic E-state index is 12.0. The highest BCUT2D eigenvalue weighted by Crippen LogP contribution is 2.30. The van der Waals surface area contributed by atoms with Crippen LogP contribution in [0.1, 0.15) is 5.56 Å². The van der Waals surface area contributed by atoms with E-state index in [1.165, 1.54) is 0 Å². The molecule has 0 aromatic carbocycles. The Hall–Kier alpha value is -1.13. The van der Waals surface area contributed by atoms with E-state index in [4.69, 9.17) is 0 Å².